The van der Waals surface area contributed by atoms with Gasteiger partial charge < -0.3 is 10.2 Å². The quantitative estimate of drug-likeness (QED) is 0.863. The Labute approximate surface area is 87.0 Å². The molecule has 74 valence electrons. The Hall–Kier alpha value is -0.320. The molecule has 0 radical (unpaired) electrons. The summed E-state index contributed by atoms with van der Waals surface area (Å²) < 4.78 is 6.16. The molecular weight excluding hydrogens is 232 g/mol. The maximum absolute atomic E-state index is 5.42. The van der Waals surface area contributed by atoms with Crippen molar-refractivity contribution >= 4 is 15.9 Å². The van der Waals surface area contributed by atoms with Gasteiger partial charge in [-0.1, -0.05) is 0 Å². The lowest BCUT2D eigenvalue weighted by Crippen LogP contribution is -2.20. The summed E-state index contributed by atoms with van der Waals surface area (Å²) in [5.74, 6) is 0.978. The molecular formula is C9H15BrN2O. The monoisotopic (exact) mass is 246 g/mol. The van der Waals surface area contributed by atoms with Crippen molar-refractivity contribution in [1.82, 2.24) is 4.90 Å². The molecule has 0 atom stereocenters. The highest BCUT2D eigenvalue weighted by Crippen LogP contribution is 2.15. The highest BCUT2D eigenvalue weighted by molar-refractivity contribution is 9.10. The summed E-state index contributed by atoms with van der Waals surface area (Å²) in [7, 11) is 2.06. The van der Waals surface area contributed by atoms with Crippen molar-refractivity contribution in [2.75, 3.05) is 20.1 Å². The maximum atomic E-state index is 5.42. The molecule has 3 nitrogen and oxygen atoms in total. The van der Waals surface area contributed by atoms with Crippen LogP contribution in [0.2, 0.25) is 0 Å². The average Bonchev–Trinajstić information content (AvgIpc) is 2.48. The molecule has 0 amide bonds. The van der Waals surface area contributed by atoms with Crippen molar-refractivity contribution in [3.05, 3.63) is 22.6 Å². The minimum absolute atomic E-state index is 0.742. The van der Waals surface area contributed by atoms with E-state index in [1.807, 2.05) is 12.1 Å². The Morgan fingerprint density at radius 1 is 1.54 bits per heavy atom. The standard InChI is InChI=1S/C9H15BrN2O/c1-12(6-2-5-11)7-8-3-4-9(10)13-8/h3-4H,2,5-7,11H2,1H3. The van der Waals surface area contributed by atoms with Gasteiger partial charge in [-0.05, 0) is 54.6 Å². The molecule has 0 bridgehead atoms. The van der Waals surface area contributed by atoms with E-state index in [9.17, 15) is 0 Å². The van der Waals surface area contributed by atoms with E-state index in [2.05, 4.69) is 27.9 Å². The molecule has 1 rings (SSSR count). The number of furan rings is 1. The molecule has 0 unspecified atom stereocenters. The lowest BCUT2D eigenvalue weighted by atomic mass is 10.3. The molecule has 0 fully saturated rings. The molecule has 13 heavy (non-hydrogen) atoms. The summed E-state index contributed by atoms with van der Waals surface area (Å²) >= 11 is 3.27. The van der Waals surface area contributed by atoms with Crippen LogP contribution < -0.4 is 5.73 Å². The minimum atomic E-state index is 0.742. The maximum Gasteiger partial charge on any atom is 0.169 e. The van der Waals surface area contributed by atoms with Crippen LogP contribution in [0.1, 0.15) is 12.2 Å². The SMILES string of the molecule is CN(CCCN)Cc1ccc(Br)o1. The van der Waals surface area contributed by atoms with E-state index in [1.54, 1.807) is 0 Å². The zero-order valence-corrected chi connectivity index (χ0v) is 9.38. The number of hydrogen-bond acceptors (Lipinski definition) is 3. The molecule has 0 saturated carbocycles. The second-order valence-electron chi connectivity index (χ2n) is 3.09. The number of halogens is 1. The van der Waals surface area contributed by atoms with Crippen molar-refractivity contribution in [2.24, 2.45) is 5.73 Å². The van der Waals surface area contributed by atoms with Crippen LogP contribution in [0.25, 0.3) is 0 Å². The summed E-state index contributed by atoms with van der Waals surface area (Å²) in [6, 6.07) is 3.88. The lowest BCUT2D eigenvalue weighted by molar-refractivity contribution is 0.290. The molecule has 0 aliphatic heterocycles. The molecule has 0 aromatic carbocycles. The average molecular weight is 247 g/mol. The van der Waals surface area contributed by atoms with Crippen LogP contribution >= 0.6 is 15.9 Å². The van der Waals surface area contributed by atoms with Gasteiger partial charge in [-0.15, -0.1) is 0 Å². The van der Waals surface area contributed by atoms with E-state index in [-0.39, 0.29) is 0 Å². The van der Waals surface area contributed by atoms with Crippen LogP contribution in [0.15, 0.2) is 21.2 Å². The first-order valence-corrected chi connectivity index (χ1v) is 5.14. The Balaban J connectivity index is 2.31. The van der Waals surface area contributed by atoms with Gasteiger partial charge in [0.15, 0.2) is 4.67 Å². The first kappa shape index (κ1) is 10.8. The molecule has 1 aromatic rings. The third-order valence-corrected chi connectivity index (χ3v) is 2.22. The van der Waals surface area contributed by atoms with E-state index in [1.165, 1.54) is 0 Å². The molecule has 0 aliphatic carbocycles. The molecule has 4 heteroatoms. The van der Waals surface area contributed by atoms with E-state index >= 15 is 0 Å². The second-order valence-corrected chi connectivity index (χ2v) is 3.87. The Morgan fingerprint density at radius 2 is 2.31 bits per heavy atom. The van der Waals surface area contributed by atoms with Gasteiger partial charge in [-0.25, -0.2) is 0 Å². The smallest absolute Gasteiger partial charge is 0.169 e. The van der Waals surface area contributed by atoms with Crippen molar-refractivity contribution in [3.8, 4) is 0 Å². The topological polar surface area (TPSA) is 42.4 Å². The summed E-state index contributed by atoms with van der Waals surface area (Å²) in [6.45, 7) is 2.59. The first-order chi connectivity index (χ1) is 6.22. The van der Waals surface area contributed by atoms with Gasteiger partial charge >= 0.3 is 0 Å². The number of nitrogens with zero attached hydrogens (tertiary/aromatic N) is 1. The number of hydrogen-bond donors (Lipinski definition) is 1. The van der Waals surface area contributed by atoms with Gasteiger partial charge in [0.1, 0.15) is 5.76 Å². The molecule has 0 saturated heterocycles. The van der Waals surface area contributed by atoms with Crippen LogP contribution in [0, 0.1) is 0 Å². The second kappa shape index (κ2) is 5.42. The van der Waals surface area contributed by atoms with Crippen molar-refractivity contribution < 1.29 is 4.42 Å². The molecule has 2 N–H and O–H groups in total. The molecule has 1 aromatic heterocycles. The predicted molar refractivity (Wildman–Crippen MR) is 56.4 cm³/mol. The first-order valence-electron chi connectivity index (χ1n) is 4.35. The van der Waals surface area contributed by atoms with E-state index in [0.717, 1.165) is 36.5 Å². The predicted octanol–water partition coefficient (Wildman–Crippen LogP) is 1.82. The van der Waals surface area contributed by atoms with Crippen LogP contribution in [-0.2, 0) is 6.54 Å². The lowest BCUT2D eigenvalue weighted by Gasteiger charge is -2.13. The largest absolute Gasteiger partial charge is 0.453 e. The van der Waals surface area contributed by atoms with Gasteiger partial charge in [-0.2, -0.15) is 0 Å². The van der Waals surface area contributed by atoms with Gasteiger partial charge in [0.25, 0.3) is 0 Å². The highest BCUT2D eigenvalue weighted by atomic mass is 79.9. The number of rotatable bonds is 5. The summed E-state index contributed by atoms with van der Waals surface area (Å²) in [5.41, 5.74) is 5.42. The molecule has 0 aliphatic rings. The number of nitrogens with two attached hydrogens (primary N) is 1. The van der Waals surface area contributed by atoms with E-state index in [4.69, 9.17) is 10.2 Å². The third-order valence-electron chi connectivity index (χ3n) is 1.80. The Kier molecular flexibility index (Phi) is 4.48. The minimum Gasteiger partial charge on any atom is -0.453 e. The van der Waals surface area contributed by atoms with E-state index in [0.29, 0.717) is 0 Å². The zero-order chi connectivity index (χ0) is 9.68. The fourth-order valence-electron chi connectivity index (χ4n) is 1.14. The summed E-state index contributed by atoms with van der Waals surface area (Å²) in [4.78, 5) is 2.19. The summed E-state index contributed by atoms with van der Waals surface area (Å²) in [5, 5.41) is 0. The van der Waals surface area contributed by atoms with Gasteiger partial charge in [0, 0.05) is 0 Å². The Bertz CT molecular complexity index is 250. The Morgan fingerprint density at radius 3 is 2.85 bits per heavy atom. The fourth-order valence-corrected chi connectivity index (χ4v) is 1.48. The van der Waals surface area contributed by atoms with Gasteiger partial charge in [-0.3, -0.25) is 4.90 Å². The zero-order valence-electron chi connectivity index (χ0n) is 7.79. The third kappa shape index (κ3) is 3.93. The normalized spacial score (nSPS) is 11.1. The van der Waals surface area contributed by atoms with Gasteiger partial charge in [0.2, 0.25) is 0 Å². The van der Waals surface area contributed by atoms with Crippen LogP contribution in [0.4, 0.5) is 0 Å². The highest BCUT2D eigenvalue weighted by Gasteiger charge is 2.03. The van der Waals surface area contributed by atoms with Crippen molar-refractivity contribution in [2.45, 2.75) is 13.0 Å². The van der Waals surface area contributed by atoms with Crippen LogP contribution in [-0.4, -0.2) is 25.0 Å². The van der Waals surface area contributed by atoms with Crippen LogP contribution in [0.5, 0.6) is 0 Å². The van der Waals surface area contributed by atoms with Crippen LogP contribution in [0.3, 0.4) is 0 Å². The van der Waals surface area contributed by atoms with Crippen molar-refractivity contribution in [3.63, 3.8) is 0 Å². The van der Waals surface area contributed by atoms with E-state index < -0.39 is 0 Å². The fraction of sp³-hybridized carbons (Fsp3) is 0.556. The van der Waals surface area contributed by atoms with Crippen molar-refractivity contribution in [1.29, 1.82) is 0 Å². The summed E-state index contributed by atoms with van der Waals surface area (Å²) in [6.07, 6.45) is 1.03. The molecule has 1 heterocycles. The molecule has 0 spiro atoms. The van der Waals surface area contributed by atoms with Gasteiger partial charge in [0.05, 0.1) is 6.54 Å².